The van der Waals surface area contributed by atoms with E-state index in [0.29, 0.717) is 6.61 Å². The fourth-order valence-corrected chi connectivity index (χ4v) is 3.35. The highest BCUT2D eigenvalue weighted by Crippen LogP contribution is 2.50. The maximum Gasteiger partial charge on any atom is 0.114 e. The minimum Gasteiger partial charge on any atom is -0.369 e. The highest BCUT2D eigenvalue weighted by molar-refractivity contribution is 5.81. The van der Waals surface area contributed by atoms with E-state index in [1.165, 1.54) is 0 Å². The van der Waals surface area contributed by atoms with Crippen LogP contribution in [0.3, 0.4) is 0 Å². The van der Waals surface area contributed by atoms with Gasteiger partial charge in [-0.2, -0.15) is 10.4 Å². The Kier molecular flexibility index (Phi) is 2.96. The van der Waals surface area contributed by atoms with Crippen molar-refractivity contribution in [1.82, 2.24) is 20.1 Å². The predicted molar refractivity (Wildman–Crippen MR) is 81.2 cm³/mol. The maximum absolute atomic E-state index is 9.61. The zero-order chi connectivity index (χ0) is 15.3. The number of pyridine rings is 1. The molecule has 2 aromatic rings. The van der Waals surface area contributed by atoms with Crippen molar-refractivity contribution >= 4 is 11.0 Å². The first-order valence-electron chi connectivity index (χ1n) is 7.74. The lowest BCUT2D eigenvalue weighted by molar-refractivity contribution is -0.00267. The Morgan fingerprint density at radius 2 is 2.32 bits per heavy atom. The van der Waals surface area contributed by atoms with Crippen molar-refractivity contribution in [2.75, 3.05) is 13.2 Å². The van der Waals surface area contributed by atoms with Crippen LogP contribution in [-0.4, -0.2) is 34.0 Å². The van der Waals surface area contributed by atoms with Crippen LogP contribution in [0.4, 0.5) is 0 Å². The van der Waals surface area contributed by atoms with Gasteiger partial charge < -0.3 is 10.1 Å². The van der Waals surface area contributed by atoms with Gasteiger partial charge in [0.15, 0.2) is 0 Å². The summed E-state index contributed by atoms with van der Waals surface area (Å²) in [7, 11) is 1.90. The van der Waals surface area contributed by atoms with Gasteiger partial charge in [-0.1, -0.05) is 0 Å². The van der Waals surface area contributed by atoms with Crippen LogP contribution in [0.25, 0.3) is 11.0 Å². The Morgan fingerprint density at radius 1 is 1.50 bits per heavy atom. The lowest BCUT2D eigenvalue weighted by Gasteiger charge is -2.30. The van der Waals surface area contributed by atoms with Crippen molar-refractivity contribution in [1.29, 1.82) is 5.26 Å². The van der Waals surface area contributed by atoms with Crippen LogP contribution in [-0.2, 0) is 17.2 Å². The Morgan fingerprint density at radius 3 is 3.00 bits per heavy atom. The molecule has 2 atom stereocenters. The molecular formula is C16H19N5O. The number of nitrogens with zero attached hydrogens (tertiary/aromatic N) is 4. The molecule has 6 nitrogen and oxygen atoms in total. The van der Waals surface area contributed by atoms with Crippen LogP contribution < -0.4 is 5.32 Å². The number of nitriles is 1. The van der Waals surface area contributed by atoms with E-state index in [2.05, 4.69) is 29.5 Å². The Balaban J connectivity index is 1.89. The molecule has 2 aliphatic rings. The molecule has 22 heavy (non-hydrogen) atoms. The molecular weight excluding hydrogens is 278 g/mol. The molecule has 6 heteroatoms. The van der Waals surface area contributed by atoms with Crippen molar-refractivity contribution in [2.24, 2.45) is 7.05 Å². The van der Waals surface area contributed by atoms with Crippen LogP contribution in [0.15, 0.2) is 12.3 Å². The monoisotopic (exact) mass is 297 g/mol. The lowest BCUT2D eigenvalue weighted by atomic mass is 9.94. The highest BCUT2D eigenvalue weighted by atomic mass is 16.5. The first-order valence-corrected chi connectivity index (χ1v) is 7.74. The van der Waals surface area contributed by atoms with E-state index in [1.54, 1.807) is 6.20 Å². The predicted octanol–water partition coefficient (Wildman–Crippen LogP) is 1.57. The number of aromatic nitrogens is 3. The van der Waals surface area contributed by atoms with Gasteiger partial charge in [0.2, 0.25) is 0 Å². The highest BCUT2D eigenvalue weighted by Gasteiger charge is 2.47. The van der Waals surface area contributed by atoms with Crippen LogP contribution in [0.2, 0.25) is 0 Å². The summed E-state index contributed by atoms with van der Waals surface area (Å²) >= 11 is 0. The molecule has 1 aliphatic carbocycles. The van der Waals surface area contributed by atoms with E-state index in [4.69, 9.17) is 9.72 Å². The van der Waals surface area contributed by atoms with Crippen LogP contribution in [0, 0.1) is 11.3 Å². The summed E-state index contributed by atoms with van der Waals surface area (Å²) in [5, 5.41) is 17.4. The molecule has 1 aliphatic heterocycles. The summed E-state index contributed by atoms with van der Waals surface area (Å²) in [6.45, 7) is 3.65. The largest absolute Gasteiger partial charge is 0.369 e. The summed E-state index contributed by atoms with van der Waals surface area (Å²) in [5.74, 6) is 0. The Labute approximate surface area is 129 Å². The number of rotatable bonds is 2. The molecule has 4 rings (SSSR count). The average Bonchev–Trinajstić information content (AvgIpc) is 3.25. The molecule has 114 valence electrons. The molecule has 1 saturated heterocycles. The second-order valence-corrected chi connectivity index (χ2v) is 6.32. The fourth-order valence-electron chi connectivity index (χ4n) is 3.35. The molecule has 2 aromatic heterocycles. The molecule has 0 spiro atoms. The molecule has 1 N–H and O–H groups in total. The Hall–Kier alpha value is -1.97. The van der Waals surface area contributed by atoms with E-state index < -0.39 is 0 Å². The number of fused-ring (bicyclic) bond motifs is 1. The molecule has 0 radical (unpaired) electrons. The third kappa shape index (κ3) is 1.93. The Bertz CT molecular complexity index is 771. The molecule has 0 bridgehead atoms. The summed E-state index contributed by atoms with van der Waals surface area (Å²) in [4.78, 5) is 4.75. The van der Waals surface area contributed by atoms with Gasteiger partial charge in [0, 0.05) is 25.2 Å². The maximum atomic E-state index is 9.61. The standard InChI is InChI=1S/C16H19N5O/c1-10-15(22-6-5-18-10)12-7-11(16(9-17)3-4-16)14-13(20-12)8-19-21(14)2/h7-8,10,15,18H,3-6H2,1-2H3. The van der Waals surface area contributed by atoms with Crippen LogP contribution in [0.1, 0.15) is 37.1 Å². The van der Waals surface area contributed by atoms with Gasteiger partial charge in [-0.15, -0.1) is 0 Å². The minimum absolute atomic E-state index is 0.0772. The minimum atomic E-state index is -0.366. The van der Waals surface area contributed by atoms with E-state index in [9.17, 15) is 5.26 Å². The van der Waals surface area contributed by atoms with Crippen molar-refractivity contribution in [3.63, 3.8) is 0 Å². The molecule has 0 aromatic carbocycles. The third-order valence-corrected chi connectivity index (χ3v) is 4.81. The van der Waals surface area contributed by atoms with Gasteiger partial charge in [-0.3, -0.25) is 4.68 Å². The van der Waals surface area contributed by atoms with E-state index in [0.717, 1.165) is 41.7 Å². The summed E-state index contributed by atoms with van der Waals surface area (Å²) < 4.78 is 7.74. The molecule has 2 unspecified atom stereocenters. The van der Waals surface area contributed by atoms with Gasteiger partial charge >= 0.3 is 0 Å². The number of aryl methyl sites for hydroxylation is 1. The molecule has 2 fully saturated rings. The van der Waals surface area contributed by atoms with Crippen LogP contribution >= 0.6 is 0 Å². The number of hydrogen-bond acceptors (Lipinski definition) is 5. The fraction of sp³-hybridized carbons (Fsp3) is 0.562. The first-order chi connectivity index (χ1) is 10.6. The zero-order valence-corrected chi connectivity index (χ0v) is 12.8. The molecule has 3 heterocycles. The van der Waals surface area contributed by atoms with Crippen molar-refractivity contribution in [3.8, 4) is 6.07 Å². The van der Waals surface area contributed by atoms with E-state index >= 15 is 0 Å². The zero-order valence-electron chi connectivity index (χ0n) is 12.8. The number of morpholine rings is 1. The van der Waals surface area contributed by atoms with Gasteiger partial charge in [0.1, 0.15) is 11.6 Å². The lowest BCUT2D eigenvalue weighted by Crippen LogP contribution is -2.41. The van der Waals surface area contributed by atoms with Crippen molar-refractivity contribution in [2.45, 2.75) is 37.3 Å². The average molecular weight is 297 g/mol. The molecule has 1 saturated carbocycles. The SMILES string of the molecule is CC1NCCOC1c1cc(C2(C#N)CC2)c2c(cnn2C)n1. The summed E-state index contributed by atoms with van der Waals surface area (Å²) in [6, 6.07) is 4.77. The second-order valence-electron chi connectivity index (χ2n) is 6.32. The topological polar surface area (TPSA) is 75.8 Å². The van der Waals surface area contributed by atoms with Gasteiger partial charge in [0.05, 0.1) is 35.5 Å². The van der Waals surface area contributed by atoms with Crippen molar-refractivity contribution in [3.05, 3.63) is 23.5 Å². The number of ether oxygens (including phenoxy) is 1. The van der Waals surface area contributed by atoms with Crippen LogP contribution in [0.5, 0.6) is 0 Å². The third-order valence-electron chi connectivity index (χ3n) is 4.81. The summed E-state index contributed by atoms with van der Waals surface area (Å²) in [5.41, 5.74) is 3.40. The second kappa shape index (κ2) is 4.77. The molecule has 0 amide bonds. The van der Waals surface area contributed by atoms with Gasteiger partial charge in [0.25, 0.3) is 0 Å². The number of nitrogens with one attached hydrogen (secondary N) is 1. The van der Waals surface area contributed by atoms with Crippen molar-refractivity contribution < 1.29 is 4.74 Å². The van der Waals surface area contributed by atoms with E-state index in [-0.39, 0.29) is 17.6 Å². The van der Waals surface area contributed by atoms with E-state index in [1.807, 2.05) is 11.7 Å². The normalized spacial score (nSPS) is 26.8. The van der Waals surface area contributed by atoms with Gasteiger partial charge in [-0.05, 0) is 25.8 Å². The number of hydrogen-bond donors (Lipinski definition) is 1. The smallest absolute Gasteiger partial charge is 0.114 e. The first kappa shape index (κ1) is 13.7. The quantitative estimate of drug-likeness (QED) is 0.910. The van der Waals surface area contributed by atoms with Gasteiger partial charge in [-0.25, -0.2) is 4.98 Å². The summed E-state index contributed by atoms with van der Waals surface area (Å²) in [6.07, 6.45) is 3.52.